The van der Waals surface area contributed by atoms with Gasteiger partial charge in [-0.25, -0.2) is 9.18 Å². The number of carbonyl (C=O) groups is 1. The van der Waals surface area contributed by atoms with Gasteiger partial charge in [0.05, 0.1) is 0 Å². The number of hydrogen-bond donors (Lipinski definition) is 0. The van der Waals surface area contributed by atoms with E-state index in [1.807, 2.05) is 0 Å². The highest BCUT2D eigenvalue weighted by Crippen LogP contribution is 2.34. The zero-order valence-electron chi connectivity index (χ0n) is 7.55. The first kappa shape index (κ1) is 9.97. The summed E-state index contributed by atoms with van der Waals surface area (Å²) in [6.07, 6.45) is 1.02. The van der Waals surface area contributed by atoms with E-state index in [4.69, 9.17) is 5.26 Å². The average molecular weight is 185 g/mol. The molecule has 1 fully saturated rings. The van der Waals surface area contributed by atoms with Crippen molar-refractivity contribution in [2.24, 2.45) is 0 Å². The highest BCUT2D eigenvalue weighted by atomic mass is 19.1. The molecular formula is C9H12FNO2. The van der Waals surface area contributed by atoms with Gasteiger partial charge < -0.3 is 4.74 Å². The van der Waals surface area contributed by atoms with Gasteiger partial charge in [-0.2, -0.15) is 5.26 Å². The van der Waals surface area contributed by atoms with Crippen LogP contribution in [0.4, 0.5) is 4.39 Å². The second-order valence-corrected chi connectivity index (χ2v) is 3.35. The van der Waals surface area contributed by atoms with Gasteiger partial charge in [0.2, 0.25) is 5.67 Å². The molecule has 1 aliphatic carbocycles. The normalized spacial score (nSPS) is 21.9. The summed E-state index contributed by atoms with van der Waals surface area (Å²) in [5.41, 5.74) is -1.83. The van der Waals surface area contributed by atoms with Crippen molar-refractivity contribution < 1.29 is 13.9 Å². The Labute approximate surface area is 76.5 Å². The van der Waals surface area contributed by atoms with E-state index in [-0.39, 0.29) is 12.8 Å². The van der Waals surface area contributed by atoms with Crippen LogP contribution in [0.3, 0.4) is 0 Å². The molecule has 13 heavy (non-hydrogen) atoms. The second kappa shape index (κ2) is 3.73. The van der Waals surface area contributed by atoms with Crippen LogP contribution in [-0.2, 0) is 9.53 Å². The van der Waals surface area contributed by atoms with Crippen molar-refractivity contribution in [3.8, 4) is 6.07 Å². The lowest BCUT2D eigenvalue weighted by atomic mass is 10.1. The summed E-state index contributed by atoms with van der Waals surface area (Å²) in [6, 6.07) is 1.73. The number of ether oxygens (including phenoxy) is 1. The molecule has 3 nitrogen and oxygen atoms in total. The van der Waals surface area contributed by atoms with Crippen LogP contribution in [0.2, 0.25) is 0 Å². The van der Waals surface area contributed by atoms with Crippen molar-refractivity contribution in [1.82, 2.24) is 0 Å². The predicted molar refractivity (Wildman–Crippen MR) is 43.5 cm³/mol. The van der Waals surface area contributed by atoms with Gasteiger partial charge in [0, 0.05) is 0 Å². The molecule has 0 aromatic heterocycles. The Morgan fingerprint density at radius 3 is 2.62 bits per heavy atom. The van der Waals surface area contributed by atoms with Gasteiger partial charge in [0.25, 0.3) is 0 Å². The monoisotopic (exact) mass is 185 g/mol. The fourth-order valence-electron chi connectivity index (χ4n) is 1.43. The van der Waals surface area contributed by atoms with Crippen LogP contribution in [-0.4, -0.2) is 17.7 Å². The Morgan fingerprint density at radius 1 is 1.62 bits per heavy atom. The highest BCUT2D eigenvalue weighted by molar-refractivity contribution is 5.80. The van der Waals surface area contributed by atoms with Gasteiger partial charge in [0.1, 0.15) is 6.07 Å². The third-order valence-electron chi connectivity index (χ3n) is 2.23. The number of halogens is 1. The molecule has 0 amide bonds. The van der Waals surface area contributed by atoms with Crippen molar-refractivity contribution in [3.63, 3.8) is 0 Å². The lowest BCUT2D eigenvalue weighted by molar-refractivity contribution is -0.159. The Morgan fingerprint density at radius 2 is 2.15 bits per heavy atom. The summed E-state index contributed by atoms with van der Waals surface area (Å²) in [6.45, 7) is 1.43. The SMILES string of the molecule is CC(C#N)OC(=O)C1(F)CCCC1. The zero-order chi connectivity index (χ0) is 9.90. The first-order valence-corrected chi connectivity index (χ1v) is 4.38. The van der Waals surface area contributed by atoms with Gasteiger partial charge in [-0.15, -0.1) is 0 Å². The summed E-state index contributed by atoms with van der Waals surface area (Å²) < 4.78 is 18.2. The van der Waals surface area contributed by atoms with Gasteiger partial charge >= 0.3 is 5.97 Å². The van der Waals surface area contributed by atoms with E-state index in [1.54, 1.807) is 6.07 Å². The molecule has 0 aliphatic heterocycles. The van der Waals surface area contributed by atoms with E-state index >= 15 is 0 Å². The number of alkyl halides is 1. The van der Waals surface area contributed by atoms with Crippen molar-refractivity contribution >= 4 is 5.97 Å². The number of esters is 1. The van der Waals surface area contributed by atoms with Gasteiger partial charge in [-0.3, -0.25) is 0 Å². The van der Waals surface area contributed by atoms with Crippen molar-refractivity contribution in [2.75, 3.05) is 0 Å². The smallest absolute Gasteiger partial charge is 0.345 e. The Kier molecular flexibility index (Phi) is 2.86. The lowest BCUT2D eigenvalue weighted by Gasteiger charge is -2.17. The number of nitriles is 1. The molecule has 0 saturated heterocycles. The van der Waals surface area contributed by atoms with Gasteiger partial charge in [-0.1, -0.05) is 0 Å². The molecule has 72 valence electrons. The maximum absolute atomic E-state index is 13.6. The molecule has 0 heterocycles. The molecule has 1 unspecified atom stereocenters. The van der Waals surface area contributed by atoms with Crippen molar-refractivity contribution in [1.29, 1.82) is 5.26 Å². The molecule has 4 heteroatoms. The van der Waals surface area contributed by atoms with Crippen LogP contribution in [0, 0.1) is 11.3 Å². The summed E-state index contributed by atoms with van der Waals surface area (Å²) in [5.74, 6) is -0.876. The first-order valence-electron chi connectivity index (χ1n) is 4.38. The van der Waals surface area contributed by atoms with E-state index < -0.39 is 17.7 Å². The largest absolute Gasteiger partial charge is 0.445 e. The molecule has 1 atom stereocenters. The van der Waals surface area contributed by atoms with Crippen molar-refractivity contribution in [2.45, 2.75) is 44.4 Å². The van der Waals surface area contributed by atoms with Crippen LogP contribution < -0.4 is 0 Å². The summed E-state index contributed by atoms with van der Waals surface area (Å²) in [5, 5.41) is 8.36. The van der Waals surface area contributed by atoms with E-state index in [1.165, 1.54) is 6.92 Å². The molecule has 0 aromatic rings. The molecule has 0 aromatic carbocycles. The molecule has 1 saturated carbocycles. The summed E-state index contributed by atoms with van der Waals surface area (Å²) in [4.78, 5) is 11.2. The molecule has 0 radical (unpaired) electrons. The third-order valence-corrected chi connectivity index (χ3v) is 2.23. The summed E-state index contributed by atoms with van der Waals surface area (Å²) >= 11 is 0. The molecular weight excluding hydrogens is 173 g/mol. The Hall–Kier alpha value is -1.11. The van der Waals surface area contributed by atoms with Gasteiger partial charge in [0.15, 0.2) is 6.10 Å². The molecule has 0 spiro atoms. The highest BCUT2D eigenvalue weighted by Gasteiger charge is 2.43. The van der Waals surface area contributed by atoms with Crippen LogP contribution >= 0.6 is 0 Å². The topological polar surface area (TPSA) is 50.1 Å². The van der Waals surface area contributed by atoms with Crippen LogP contribution in [0.25, 0.3) is 0 Å². The van der Waals surface area contributed by atoms with E-state index in [0.717, 1.165) is 0 Å². The molecule has 1 rings (SSSR count). The minimum atomic E-state index is -1.83. The van der Waals surface area contributed by atoms with E-state index in [0.29, 0.717) is 12.8 Å². The van der Waals surface area contributed by atoms with Gasteiger partial charge in [-0.05, 0) is 32.6 Å². The lowest BCUT2D eigenvalue weighted by Crippen LogP contribution is -2.34. The van der Waals surface area contributed by atoms with E-state index in [9.17, 15) is 9.18 Å². The quantitative estimate of drug-likeness (QED) is 0.615. The van der Waals surface area contributed by atoms with Crippen LogP contribution in [0.15, 0.2) is 0 Å². The molecule has 1 aliphatic rings. The maximum atomic E-state index is 13.6. The Bertz CT molecular complexity index is 240. The number of rotatable bonds is 2. The number of hydrogen-bond acceptors (Lipinski definition) is 3. The zero-order valence-corrected chi connectivity index (χ0v) is 7.55. The number of carbonyl (C=O) groups excluding carboxylic acids is 1. The predicted octanol–water partition coefficient (Wildman–Crippen LogP) is 1.72. The van der Waals surface area contributed by atoms with Crippen LogP contribution in [0.5, 0.6) is 0 Å². The molecule has 0 N–H and O–H groups in total. The number of nitrogens with zero attached hydrogens (tertiary/aromatic N) is 1. The second-order valence-electron chi connectivity index (χ2n) is 3.35. The Balaban J connectivity index is 2.52. The fraction of sp³-hybridized carbons (Fsp3) is 0.778. The first-order chi connectivity index (χ1) is 6.08. The van der Waals surface area contributed by atoms with Crippen molar-refractivity contribution in [3.05, 3.63) is 0 Å². The molecule has 0 bridgehead atoms. The average Bonchev–Trinajstić information content (AvgIpc) is 2.53. The maximum Gasteiger partial charge on any atom is 0.345 e. The standard InChI is InChI=1S/C9H12FNO2/c1-7(6-11)13-8(12)9(10)4-2-3-5-9/h7H,2-5H2,1H3. The summed E-state index contributed by atoms with van der Waals surface area (Å²) in [7, 11) is 0. The fourth-order valence-corrected chi connectivity index (χ4v) is 1.43. The minimum absolute atomic E-state index is 0.226. The van der Waals surface area contributed by atoms with Crippen LogP contribution in [0.1, 0.15) is 32.6 Å². The minimum Gasteiger partial charge on any atom is -0.445 e. The third kappa shape index (κ3) is 2.18. The van der Waals surface area contributed by atoms with E-state index in [2.05, 4.69) is 4.74 Å².